The normalized spacial score (nSPS) is 17.6. The van der Waals surface area contributed by atoms with Crippen molar-refractivity contribution in [1.29, 1.82) is 0 Å². The third-order valence-corrected chi connectivity index (χ3v) is 3.61. The van der Waals surface area contributed by atoms with Gasteiger partial charge in [-0.05, 0) is 17.7 Å². The molecule has 1 aliphatic heterocycles. The Hall–Kier alpha value is -1.18. The van der Waals surface area contributed by atoms with Gasteiger partial charge in [-0.3, -0.25) is 4.90 Å². The van der Waals surface area contributed by atoms with Gasteiger partial charge in [0.15, 0.2) is 11.5 Å². The fraction of sp³-hybridized carbons (Fsp3) is 0.571. The van der Waals surface area contributed by atoms with Crippen LogP contribution in [0, 0.1) is 0 Å². The van der Waals surface area contributed by atoms with Crippen LogP contribution in [0.15, 0.2) is 18.2 Å². The van der Waals surface area contributed by atoms with E-state index in [4.69, 9.17) is 4.74 Å². The summed E-state index contributed by atoms with van der Waals surface area (Å²) in [5.41, 5.74) is 0.504. The number of piperazine rings is 1. The highest BCUT2D eigenvalue weighted by molar-refractivity contribution is 5.85. The lowest BCUT2D eigenvalue weighted by atomic mass is 10.00. The second-order valence-corrected chi connectivity index (χ2v) is 5.05. The van der Waals surface area contributed by atoms with E-state index in [9.17, 15) is 18.3 Å². The summed E-state index contributed by atoms with van der Waals surface area (Å²) in [4.78, 5) is 1.82. The van der Waals surface area contributed by atoms with Gasteiger partial charge in [-0.2, -0.15) is 13.2 Å². The molecular weight excluding hydrogens is 321 g/mol. The van der Waals surface area contributed by atoms with Gasteiger partial charge in [0.05, 0.1) is 13.5 Å². The van der Waals surface area contributed by atoms with E-state index in [1.54, 1.807) is 0 Å². The highest BCUT2D eigenvalue weighted by Gasteiger charge is 2.36. The molecule has 1 atom stereocenters. The number of phenols is 1. The van der Waals surface area contributed by atoms with Crippen molar-refractivity contribution in [2.45, 2.75) is 18.6 Å². The molecule has 4 nitrogen and oxygen atoms in total. The van der Waals surface area contributed by atoms with Crippen molar-refractivity contribution >= 4 is 12.4 Å². The lowest BCUT2D eigenvalue weighted by molar-refractivity contribution is -0.148. The Morgan fingerprint density at radius 2 is 1.95 bits per heavy atom. The first kappa shape index (κ1) is 18.9. The summed E-state index contributed by atoms with van der Waals surface area (Å²) in [5.74, 6) is 0.113. The molecule has 8 heteroatoms. The summed E-state index contributed by atoms with van der Waals surface area (Å²) >= 11 is 0. The molecule has 0 aromatic heterocycles. The molecule has 2 N–H and O–H groups in total. The van der Waals surface area contributed by atoms with Crippen LogP contribution in [0.3, 0.4) is 0 Å². The number of halogens is 4. The number of phenolic OH excluding ortho intramolecular Hbond substituents is 1. The van der Waals surface area contributed by atoms with Crippen molar-refractivity contribution in [3.8, 4) is 11.5 Å². The van der Waals surface area contributed by atoms with Gasteiger partial charge in [-0.25, -0.2) is 0 Å². The minimum absolute atomic E-state index is 0. The van der Waals surface area contributed by atoms with Gasteiger partial charge >= 0.3 is 6.18 Å². The molecule has 22 heavy (non-hydrogen) atoms. The zero-order valence-corrected chi connectivity index (χ0v) is 13.0. The highest BCUT2D eigenvalue weighted by Crippen LogP contribution is 2.37. The summed E-state index contributed by atoms with van der Waals surface area (Å²) in [7, 11) is 1.38. The Kier molecular flexibility index (Phi) is 6.77. The van der Waals surface area contributed by atoms with Gasteiger partial charge in [-0.1, -0.05) is 6.07 Å². The van der Waals surface area contributed by atoms with E-state index in [-0.39, 0.29) is 23.9 Å². The van der Waals surface area contributed by atoms with E-state index in [0.29, 0.717) is 31.7 Å². The van der Waals surface area contributed by atoms with Gasteiger partial charge in [0.1, 0.15) is 0 Å². The molecule has 0 radical (unpaired) electrons. The molecule has 0 unspecified atom stereocenters. The molecule has 0 aliphatic carbocycles. The maximum Gasteiger partial charge on any atom is 0.390 e. The predicted molar refractivity (Wildman–Crippen MR) is 79.8 cm³/mol. The second-order valence-electron chi connectivity index (χ2n) is 5.05. The standard InChI is InChI=1S/C14H19F3N2O2.ClH/c1-21-13-8-10(2-3-12(13)20)11(9-14(15,16)17)19-6-4-18-5-7-19;/h2-3,8,11,18,20H,4-7,9H2,1H3;1H/t11-;/m1./s1. The van der Waals surface area contributed by atoms with E-state index in [0.717, 1.165) is 0 Å². The molecular formula is C14H20ClF3N2O2. The zero-order valence-electron chi connectivity index (χ0n) is 12.2. The Bertz CT molecular complexity index is 480. The third kappa shape index (κ3) is 4.93. The first-order chi connectivity index (χ1) is 9.90. The first-order valence-corrected chi connectivity index (χ1v) is 6.79. The van der Waals surface area contributed by atoms with Crippen LogP contribution in [-0.2, 0) is 0 Å². The van der Waals surface area contributed by atoms with Crippen LogP contribution in [0.1, 0.15) is 18.0 Å². The van der Waals surface area contributed by atoms with E-state index in [1.807, 2.05) is 4.90 Å². The van der Waals surface area contributed by atoms with Gasteiger partial charge in [0.2, 0.25) is 0 Å². The van der Waals surface area contributed by atoms with Crippen LogP contribution in [0.4, 0.5) is 13.2 Å². The number of hydrogen-bond acceptors (Lipinski definition) is 4. The molecule has 126 valence electrons. The van der Waals surface area contributed by atoms with Crippen LogP contribution in [0.2, 0.25) is 0 Å². The smallest absolute Gasteiger partial charge is 0.390 e. The number of aromatic hydroxyl groups is 1. The van der Waals surface area contributed by atoms with Crippen molar-refractivity contribution in [3.05, 3.63) is 23.8 Å². The average molecular weight is 341 g/mol. The summed E-state index contributed by atoms with van der Waals surface area (Å²) in [5, 5.41) is 12.7. The largest absolute Gasteiger partial charge is 0.504 e. The zero-order chi connectivity index (χ0) is 15.5. The van der Waals surface area contributed by atoms with Crippen LogP contribution < -0.4 is 10.1 Å². The molecule has 1 aromatic carbocycles. The van der Waals surface area contributed by atoms with Gasteiger partial charge in [0, 0.05) is 32.2 Å². The quantitative estimate of drug-likeness (QED) is 0.884. The number of ether oxygens (including phenoxy) is 1. The fourth-order valence-electron chi connectivity index (χ4n) is 2.57. The lowest BCUT2D eigenvalue weighted by Crippen LogP contribution is -2.46. The summed E-state index contributed by atoms with van der Waals surface area (Å²) in [6, 6.07) is 3.62. The molecule has 1 fully saturated rings. The van der Waals surface area contributed by atoms with E-state index in [1.165, 1.54) is 25.3 Å². The number of hydrogen-bond donors (Lipinski definition) is 2. The number of nitrogens with zero attached hydrogens (tertiary/aromatic N) is 1. The molecule has 1 aliphatic rings. The topological polar surface area (TPSA) is 44.7 Å². The molecule has 2 rings (SSSR count). The van der Waals surface area contributed by atoms with E-state index in [2.05, 4.69) is 5.32 Å². The van der Waals surface area contributed by atoms with Crippen LogP contribution in [-0.4, -0.2) is 49.5 Å². The van der Waals surface area contributed by atoms with Crippen molar-refractivity contribution in [2.75, 3.05) is 33.3 Å². The molecule has 0 saturated carbocycles. The van der Waals surface area contributed by atoms with Crippen molar-refractivity contribution < 1.29 is 23.0 Å². The highest BCUT2D eigenvalue weighted by atomic mass is 35.5. The number of benzene rings is 1. The van der Waals surface area contributed by atoms with Crippen LogP contribution in [0.5, 0.6) is 11.5 Å². The number of rotatable bonds is 4. The average Bonchev–Trinajstić information content (AvgIpc) is 2.45. The second kappa shape index (κ2) is 7.89. The predicted octanol–water partition coefficient (Wildman–Crippen LogP) is 2.72. The maximum atomic E-state index is 12.9. The van der Waals surface area contributed by atoms with Gasteiger partial charge in [-0.15, -0.1) is 12.4 Å². The Morgan fingerprint density at radius 1 is 1.32 bits per heavy atom. The van der Waals surface area contributed by atoms with Gasteiger partial charge in [0.25, 0.3) is 0 Å². The Morgan fingerprint density at radius 3 is 2.50 bits per heavy atom. The third-order valence-electron chi connectivity index (χ3n) is 3.61. The molecule has 0 spiro atoms. The van der Waals surface area contributed by atoms with Crippen LogP contribution in [0.25, 0.3) is 0 Å². The minimum Gasteiger partial charge on any atom is -0.504 e. The summed E-state index contributed by atoms with van der Waals surface area (Å²) < 4.78 is 43.6. The number of nitrogens with one attached hydrogen (secondary N) is 1. The van der Waals surface area contributed by atoms with Crippen molar-refractivity contribution in [2.24, 2.45) is 0 Å². The monoisotopic (exact) mass is 340 g/mol. The SMILES string of the molecule is COc1cc([C@@H](CC(F)(F)F)N2CCNCC2)ccc1O.Cl. The lowest BCUT2D eigenvalue weighted by Gasteiger charge is -2.35. The fourth-order valence-corrected chi connectivity index (χ4v) is 2.57. The summed E-state index contributed by atoms with van der Waals surface area (Å²) in [6.45, 7) is 2.46. The number of methoxy groups -OCH3 is 1. The van der Waals surface area contributed by atoms with E-state index < -0.39 is 18.6 Å². The van der Waals surface area contributed by atoms with E-state index >= 15 is 0 Å². The minimum atomic E-state index is -4.25. The Labute approximate surface area is 133 Å². The molecule has 1 aromatic rings. The maximum absolute atomic E-state index is 12.9. The molecule has 1 saturated heterocycles. The Balaban J connectivity index is 0.00000242. The van der Waals surface area contributed by atoms with Crippen molar-refractivity contribution in [3.63, 3.8) is 0 Å². The first-order valence-electron chi connectivity index (χ1n) is 6.79. The molecule has 0 amide bonds. The van der Waals surface area contributed by atoms with Gasteiger partial charge < -0.3 is 15.2 Å². The summed E-state index contributed by atoms with van der Waals surface area (Å²) in [6.07, 6.45) is -5.17. The van der Waals surface area contributed by atoms with Crippen molar-refractivity contribution in [1.82, 2.24) is 10.2 Å². The number of alkyl halides is 3. The molecule has 0 bridgehead atoms. The van der Waals surface area contributed by atoms with Crippen LogP contribution >= 0.6 is 12.4 Å². The molecule has 1 heterocycles.